The van der Waals surface area contributed by atoms with E-state index in [4.69, 9.17) is 0 Å². The second kappa shape index (κ2) is 7.31. The van der Waals surface area contributed by atoms with Crippen LogP contribution >= 0.6 is 0 Å². The molecule has 1 N–H and O–H groups in total. The number of alkyl halides is 3. The number of hydrogen-bond donors (Lipinski definition) is 1. The predicted octanol–water partition coefficient (Wildman–Crippen LogP) is 3.12. The number of hydrogen-bond acceptors (Lipinski definition) is 6. The average molecular weight is 376 g/mol. The van der Waals surface area contributed by atoms with Gasteiger partial charge in [0.2, 0.25) is 5.95 Å². The van der Waals surface area contributed by atoms with E-state index >= 15 is 0 Å². The number of rotatable bonds is 4. The summed E-state index contributed by atoms with van der Waals surface area (Å²) in [4.78, 5) is 12.1. The van der Waals surface area contributed by atoms with Gasteiger partial charge in [-0.1, -0.05) is 6.07 Å². The van der Waals surface area contributed by atoms with E-state index in [9.17, 15) is 18.4 Å². The summed E-state index contributed by atoms with van der Waals surface area (Å²) in [6.07, 6.45) is -2.18. The van der Waals surface area contributed by atoms with Crippen LogP contribution in [0, 0.1) is 11.3 Å². The van der Waals surface area contributed by atoms with Crippen molar-refractivity contribution in [3.8, 4) is 6.07 Å². The van der Waals surface area contributed by atoms with Crippen LogP contribution in [0.2, 0.25) is 0 Å². The molecule has 142 valence electrons. The minimum absolute atomic E-state index is 0.0102. The van der Waals surface area contributed by atoms with Crippen LogP contribution < -0.4 is 15.1 Å². The summed E-state index contributed by atoms with van der Waals surface area (Å²) in [6.45, 7) is 1.04. The number of nitrogens with zero attached hydrogens (tertiary/aromatic N) is 5. The van der Waals surface area contributed by atoms with E-state index in [1.54, 1.807) is 34.2 Å². The molecule has 2 aromatic rings. The first-order valence-corrected chi connectivity index (χ1v) is 8.41. The fraction of sp³-hybridized carbons (Fsp3) is 0.389. The van der Waals surface area contributed by atoms with Gasteiger partial charge in [0.05, 0.1) is 16.8 Å². The molecule has 9 heteroatoms. The van der Waals surface area contributed by atoms with Gasteiger partial charge in [0.1, 0.15) is 11.9 Å². The van der Waals surface area contributed by atoms with Crippen LogP contribution in [-0.4, -0.2) is 43.2 Å². The molecule has 0 aliphatic carbocycles. The smallest absolute Gasteiger partial charge is 0.368 e. The van der Waals surface area contributed by atoms with Crippen molar-refractivity contribution in [2.45, 2.75) is 18.6 Å². The van der Waals surface area contributed by atoms with Gasteiger partial charge in [-0.05, 0) is 24.6 Å². The normalized spacial score (nSPS) is 16.9. The standard InChI is InChI=1S/C18H19F3N6/c1-26(2)17-23-8-6-16(25-17)24-12-7-9-27(11-12)15-5-3-4-14(13(15)10-22)18(19,20)21/h3-6,8,12H,7,9,11H2,1-2H3,(H,23,24,25). The lowest BCUT2D eigenvalue weighted by Crippen LogP contribution is -2.27. The van der Waals surface area contributed by atoms with Gasteiger partial charge in [-0.3, -0.25) is 0 Å². The molecule has 1 saturated heterocycles. The molecule has 0 saturated carbocycles. The van der Waals surface area contributed by atoms with Crippen molar-refractivity contribution in [2.75, 3.05) is 42.3 Å². The lowest BCUT2D eigenvalue weighted by molar-refractivity contribution is -0.137. The highest BCUT2D eigenvalue weighted by Crippen LogP contribution is 2.36. The Morgan fingerprint density at radius 2 is 2.07 bits per heavy atom. The molecule has 27 heavy (non-hydrogen) atoms. The highest BCUT2D eigenvalue weighted by molar-refractivity contribution is 5.64. The molecule has 1 aliphatic rings. The predicted molar refractivity (Wildman–Crippen MR) is 96.8 cm³/mol. The Bertz CT molecular complexity index is 859. The van der Waals surface area contributed by atoms with Crippen LogP contribution in [0.4, 0.5) is 30.6 Å². The zero-order valence-corrected chi connectivity index (χ0v) is 15.0. The lowest BCUT2D eigenvalue weighted by atomic mass is 10.1. The Morgan fingerprint density at radius 3 is 2.74 bits per heavy atom. The molecule has 1 aromatic heterocycles. The largest absolute Gasteiger partial charge is 0.417 e. The van der Waals surface area contributed by atoms with E-state index < -0.39 is 11.7 Å². The van der Waals surface area contributed by atoms with Crippen LogP contribution in [0.25, 0.3) is 0 Å². The first kappa shape index (κ1) is 18.8. The van der Waals surface area contributed by atoms with Crippen LogP contribution in [0.3, 0.4) is 0 Å². The summed E-state index contributed by atoms with van der Waals surface area (Å²) >= 11 is 0. The van der Waals surface area contributed by atoms with Gasteiger partial charge in [-0.2, -0.15) is 23.4 Å². The lowest BCUT2D eigenvalue weighted by Gasteiger charge is -2.22. The van der Waals surface area contributed by atoms with Gasteiger partial charge < -0.3 is 15.1 Å². The molecule has 3 rings (SSSR count). The molecule has 1 aliphatic heterocycles. The maximum Gasteiger partial charge on any atom is 0.417 e. The number of halogens is 3. The number of anilines is 3. The molecule has 2 heterocycles. The van der Waals surface area contributed by atoms with Crippen LogP contribution in [0.15, 0.2) is 30.5 Å². The zero-order chi connectivity index (χ0) is 19.6. The van der Waals surface area contributed by atoms with E-state index in [-0.39, 0.29) is 11.6 Å². The number of benzene rings is 1. The second-order valence-electron chi connectivity index (χ2n) is 6.52. The second-order valence-corrected chi connectivity index (χ2v) is 6.52. The van der Waals surface area contributed by atoms with Crippen molar-refractivity contribution in [3.05, 3.63) is 41.6 Å². The van der Waals surface area contributed by atoms with Crippen LogP contribution in [-0.2, 0) is 6.18 Å². The Morgan fingerprint density at radius 1 is 1.30 bits per heavy atom. The van der Waals surface area contributed by atoms with Gasteiger partial charge in [0, 0.05) is 39.4 Å². The average Bonchev–Trinajstić information content (AvgIpc) is 3.08. The summed E-state index contributed by atoms with van der Waals surface area (Å²) in [7, 11) is 3.68. The quantitative estimate of drug-likeness (QED) is 0.884. The summed E-state index contributed by atoms with van der Waals surface area (Å²) in [5, 5.41) is 12.6. The topological polar surface area (TPSA) is 68.1 Å². The Balaban J connectivity index is 1.77. The summed E-state index contributed by atoms with van der Waals surface area (Å²) < 4.78 is 39.5. The van der Waals surface area contributed by atoms with E-state index in [0.717, 1.165) is 12.5 Å². The van der Waals surface area contributed by atoms with E-state index in [1.165, 1.54) is 6.07 Å². The first-order chi connectivity index (χ1) is 12.8. The Hall–Kier alpha value is -3.02. The molecule has 1 atom stereocenters. The third kappa shape index (κ3) is 4.05. The van der Waals surface area contributed by atoms with Gasteiger partial charge in [0.25, 0.3) is 0 Å². The fourth-order valence-corrected chi connectivity index (χ4v) is 3.11. The number of nitriles is 1. The molecular weight excluding hydrogens is 357 g/mol. The fourth-order valence-electron chi connectivity index (χ4n) is 3.11. The highest BCUT2D eigenvalue weighted by atomic mass is 19.4. The van der Waals surface area contributed by atoms with Crippen LogP contribution in [0.1, 0.15) is 17.5 Å². The monoisotopic (exact) mass is 376 g/mol. The first-order valence-electron chi connectivity index (χ1n) is 8.41. The minimum atomic E-state index is -4.55. The van der Waals surface area contributed by atoms with Crippen molar-refractivity contribution in [2.24, 2.45) is 0 Å². The maximum absolute atomic E-state index is 13.2. The summed E-state index contributed by atoms with van der Waals surface area (Å²) in [5.74, 6) is 1.23. The number of nitrogens with one attached hydrogen (secondary N) is 1. The van der Waals surface area contributed by atoms with Gasteiger partial charge in [0.15, 0.2) is 0 Å². The van der Waals surface area contributed by atoms with Crippen molar-refractivity contribution < 1.29 is 13.2 Å². The molecule has 1 unspecified atom stereocenters. The van der Waals surface area contributed by atoms with Crippen molar-refractivity contribution in [1.82, 2.24) is 9.97 Å². The molecule has 1 aromatic carbocycles. The third-order valence-electron chi connectivity index (χ3n) is 4.38. The summed E-state index contributed by atoms with van der Waals surface area (Å²) in [5.41, 5.74) is -0.916. The zero-order valence-electron chi connectivity index (χ0n) is 15.0. The Labute approximate surface area is 155 Å². The minimum Gasteiger partial charge on any atom is -0.368 e. The van der Waals surface area contributed by atoms with Crippen molar-refractivity contribution in [1.29, 1.82) is 5.26 Å². The molecule has 0 bridgehead atoms. The van der Waals surface area contributed by atoms with Gasteiger partial charge in [-0.25, -0.2) is 4.98 Å². The van der Waals surface area contributed by atoms with Gasteiger partial charge in [-0.15, -0.1) is 0 Å². The maximum atomic E-state index is 13.2. The summed E-state index contributed by atoms with van der Waals surface area (Å²) in [6, 6.07) is 7.33. The van der Waals surface area contributed by atoms with Gasteiger partial charge >= 0.3 is 6.18 Å². The SMILES string of the molecule is CN(C)c1nccc(NC2CCN(c3cccc(C(F)(F)F)c3C#N)C2)n1. The van der Waals surface area contributed by atoms with Crippen molar-refractivity contribution >= 4 is 17.5 Å². The highest BCUT2D eigenvalue weighted by Gasteiger charge is 2.36. The third-order valence-corrected chi connectivity index (χ3v) is 4.38. The Kier molecular flexibility index (Phi) is 5.08. The molecule has 6 nitrogen and oxygen atoms in total. The van der Waals surface area contributed by atoms with E-state index in [0.29, 0.717) is 30.5 Å². The molecule has 0 spiro atoms. The van der Waals surface area contributed by atoms with Crippen molar-refractivity contribution in [3.63, 3.8) is 0 Å². The molecular formula is C18H19F3N6. The van der Waals surface area contributed by atoms with Crippen LogP contribution in [0.5, 0.6) is 0 Å². The molecule has 1 fully saturated rings. The van der Waals surface area contributed by atoms with E-state index in [2.05, 4.69) is 15.3 Å². The number of aromatic nitrogens is 2. The molecule has 0 amide bonds. The molecule has 0 radical (unpaired) electrons. The van der Waals surface area contributed by atoms with E-state index in [1.807, 2.05) is 14.1 Å².